The quantitative estimate of drug-likeness (QED) is 0.556. The van der Waals surface area contributed by atoms with Crippen LogP contribution < -0.4 is 15.4 Å². The number of hydrogen-bond acceptors (Lipinski definition) is 5. The summed E-state index contributed by atoms with van der Waals surface area (Å²) in [6, 6.07) is 7.58. The lowest BCUT2D eigenvalue weighted by Crippen LogP contribution is -2.36. The molecule has 0 bridgehead atoms. The van der Waals surface area contributed by atoms with Gasteiger partial charge in [-0.25, -0.2) is 0 Å². The van der Waals surface area contributed by atoms with E-state index in [4.69, 9.17) is 4.74 Å². The van der Waals surface area contributed by atoms with Crippen LogP contribution in [0.15, 0.2) is 30.3 Å². The standard InChI is InChI=1S/C20H24N2O5/c1-12-4-5-13(2)19(14(12)3)27-11-18(25)21-6-7-22-20(26)15-8-16(23)10-17(24)9-15/h4-5,8-10,23-24H,6-7,11H2,1-3H3,(H,21,25)(H,22,26). The molecule has 0 heterocycles. The maximum atomic E-state index is 11.9. The summed E-state index contributed by atoms with van der Waals surface area (Å²) in [6.07, 6.45) is 0. The molecule has 2 aromatic rings. The highest BCUT2D eigenvalue weighted by atomic mass is 16.5. The Bertz CT molecular complexity index is 828. The van der Waals surface area contributed by atoms with Crippen LogP contribution in [0, 0.1) is 20.8 Å². The molecule has 0 aromatic heterocycles. The Hall–Kier alpha value is -3.22. The number of carbonyl (C=O) groups is 2. The van der Waals surface area contributed by atoms with E-state index >= 15 is 0 Å². The lowest BCUT2D eigenvalue weighted by molar-refractivity contribution is -0.123. The van der Waals surface area contributed by atoms with Gasteiger partial charge in [0, 0.05) is 24.7 Å². The molecule has 2 aromatic carbocycles. The van der Waals surface area contributed by atoms with Gasteiger partial charge in [-0.05, 0) is 49.6 Å². The summed E-state index contributed by atoms with van der Waals surface area (Å²) < 4.78 is 5.63. The molecule has 0 unspecified atom stereocenters. The van der Waals surface area contributed by atoms with E-state index in [0.717, 1.165) is 22.8 Å². The van der Waals surface area contributed by atoms with Gasteiger partial charge in [-0.1, -0.05) is 12.1 Å². The number of benzene rings is 2. The Morgan fingerprint density at radius 3 is 2.19 bits per heavy atom. The summed E-state index contributed by atoms with van der Waals surface area (Å²) in [7, 11) is 0. The van der Waals surface area contributed by atoms with Crippen LogP contribution in [0.5, 0.6) is 17.2 Å². The molecule has 0 aliphatic rings. The van der Waals surface area contributed by atoms with Gasteiger partial charge in [0.1, 0.15) is 17.2 Å². The zero-order chi connectivity index (χ0) is 20.0. The molecular weight excluding hydrogens is 348 g/mol. The summed E-state index contributed by atoms with van der Waals surface area (Å²) >= 11 is 0. The molecule has 0 spiro atoms. The number of rotatable bonds is 7. The first-order chi connectivity index (χ1) is 12.8. The molecule has 7 heteroatoms. The highest BCUT2D eigenvalue weighted by Crippen LogP contribution is 2.25. The monoisotopic (exact) mass is 372 g/mol. The molecule has 7 nitrogen and oxygen atoms in total. The molecule has 144 valence electrons. The minimum absolute atomic E-state index is 0.112. The number of ether oxygens (including phenoxy) is 1. The Kier molecular flexibility index (Phi) is 6.65. The van der Waals surface area contributed by atoms with Crippen LogP contribution >= 0.6 is 0 Å². The van der Waals surface area contributed by atoms with Gasteiger partial charge in [0.2, 0.25) is 0 Å². The van der Waals surface area contributed by atoms with Gasteiger partial charge in [0.25, 0.3) is 11.8 Å². The molecule has 0 radical (unpaired) electrons. The number of phenols is 2. The molecule has 0 fully saturated rings. The van der Waals surface area contributed by atoms with Crippen LogP contribution in [0.25, 0.3) is 0 Å². The van der Waals surface area contributed by atoms with Crippen LogP contribution in [0.1, 0.15) is 27.0 Å². The van der Waals surface area contributed by atoms with Crippen molar-refractivity contribution in [1.82, 2.24) is 10.6 Å². The second-order valence-corrected chi connectivity index (χ2v) is 6.29. The zero-order valence-electron chi connectivity index (χ0n) is 15.6. The van der Waals surface area contributed by atoms with E-state index in [1.807, 2.05) is 32.9 Å². The fourth-order valence-electron chi connectivity index (χ4n) is 2.54. The van der Waals surface area contributed by atoms with Crippen molar-refractivity contribution in [3.63, 3.8) is 0 Å². The van der Waals surface area contributed by atoms with Crippen molar-refractivity contribution < 1.29 is 24.5 Å². The number of aromatic hydroxyl groups is 2. The Morgan fingerprint density at radius 1 is 0.926 bits per heavy atom. The number of nitrogens with one attached hydrogen (secondary N) is 2. The molecule has 2 amide bonds. The van der Waals surface area contributed by atoms with Crippen molar-refractivity contribution in [2.24, 2.45) is 0 Å². The lowest BCUT2D eigenvalue weighted by atomic mass is 10.1. The van der Waals surface area contributed by atoms with E-state index in [9.17, 15) is 19.8 Å². The first-order valence-corrected chi connectivity index (χ1v) is 8.55. The molecule has 0 atom stereocenters. The molecule has 0 aliphatic heterocycles. The van der Waals surface area contributed by atoms with Gasteiger partial charge in [0.05, 0.1) is 0 Å². The van der Waals surface area contributed by atoms with Gasteiger partial charge >= 0.3 is 0 Å². The fourth-order valence-corrected chi connectivity index (χ4v) is 2.54. The van der Waals surface area contributed by atoms with Crippen LogP contribution in [0.4, 0.5) is 0 Å². The second-order valence-electron chi connectivity index (χ2n) is 6.29. The molecule has 0 saturated heterocycles. The van der Waals surface area contributed by atoms with Crippen molar-refractivity contribution in [2.45, 2.75) is 20.8 Å². The minimum Gasteiger partial charge on any atom is -0.508 e. The third-order valence-corrected chi connectivity index (χ3v) is 4.12. The summed E-state index contributed by atoms with van der Waals surface area (Å²) in [4.78, 5) is 23.9. The van der Waals surface area contributed by atoms with Crippen LogP contribution in [0.2, 0.25) is 0 Å². The number of phenolic OH excluding ortho intramolecular Hbond substituents is 2. The topological polar surface area (TPSA) is 108 Å². The largest absolute Gasteiger partial charge is 0.508 e. The van der Waals surface area contributed by atoms with Gasteiger partial charge in [-0.3, -0.25) is 9.59 Å². The van der Waals surface area contributed by atoms with Crippen LogP contribution in [0.3, 0.4) is 0 Å². The summed E-state index contributed by atoms with van der Waals surface area (Å²) in [6.45, 7) is 6.17. The van der Waals surface area contributed by atoms with Crippen molar-refractivity contribution in [2.75, 3.05) is 19.7 Å². The van der Waals surface area contributed by atoms with Crippen LogP contribution in [-0.4, -0.2) is 41.7 Å². The molecular formula is C20H24N2O5. The van der Waals surface area contributed by atoms with E-state index in [2.05, 4.69) is 10.6 Å². The van der Waals surface area contributed by atoms with E-state index in [1.54, 1.807) is 0 Å². The Morgan fingerprint density at radius 2 is 1.52 bits per heavy atom. The summed E-state index contributed by atoms with van der Waals surface area (Å²) in [5.74, 6) is -0.445. The van der Waals surface area contributed by atoms with Crippen molar-refractivity contribution in [1.29, 1.82) is 0 Å². The molecule has 0 aliphatic carbocycles. The molecule has 2 rings (SSSR count). The van der Waals surface area contributed by atoms with E-state index in [0.29, 0.717) is 5.75 Å². The van der Waals surface area contributed by atoms with E-state index in [-0.39, 0.29) is 42.7 Å². The average Bonchev–Trinajstić information content (AvgIpc) is 2.61. The Labute approximate surface area is 158 Å². The minimum atomic E-state index is -0.460. The van der Waals surface area contributed by atoms with Gasteiger partial charge in [0.15, 0.2) is 6.61 Å². The van der Waals surface area contributed by atoms with Gasteiger partial charge < -0.3 is 25.6 Å². The average molecular weight is 372 g/mol. The zero-order valence-corrected chi connectivity index (χ0v) is 15.6. The van der Waals surface area contributed by atoms with Gasteiger partial charge in [-0.15, -0.1) is 0 Å². The molecule has 0 saturated carbocycles. The highest BCUT2D eigenvalue weighted by Gasteiger charge is 2.10. The summed E-state index contributed by atoms with van der Waals surface area (Å²) in [5.41, 5.74) is 3.20. The van der Waals surface area contributed by atoms with E-state index < -0.39 is 5.91 Å². The number of aryl methyl sites for hydroxylation is 2. The maximum Gasteiger partial charge on any atom is 0.258 e. The molecule has 27 heavy (non-hydrogen) atoms. The third kappa shape index (κ3) is 5.64. The SMILES string of the molecule is Cc1ccc(C)c(OCC(=O)NCCNC(=O)c2cc(O)cc(O)c2)c1C. The third-order valence-electron chi connectivity index (χ3n) is 4.12. The number of amides is 2. The van der Waals surface area contributed by atoms with Crippen LogP contribution in [-0.2, 0) is 4.79 Å². The number of hydrogen-bond donors (Lipinski definition) is 4. The maximum absolute atomic E-state index is 11.9. The summed E-state index contributed by atoms with van der Waals surface area (Å²) in [5, 5.41) is 24.0. The van der Waals surface area contributed by atoms with Gasteiger partial charge in [-0.2, -0.15) is 0 Å². The van der Waals surface area contributed by atoms with E-state index in [1.165, 1.54) is 12.1 Å². The molecule has 4 N–H and O–H groups in total. The smallest absolute Gasteiger partial charge is 0.258 e. The number of carbonyl (C=O) groups excluding carboxylic acids is 2. The Balaban J connectivity index is 1.75. The van der Waals surface area contributed by atoms with Crippen molar-refractivity contribution in [3.8, 4) is 17.2 Å². The first kappa shape index (κ1) is 20.1. The van der Waals surface area contributed by atoms with Crippen molar-refractivity contribution >= 4 is 11.8 Å². The second kappa shape index (κ2) is 8.93. The normalized spacial score (nSPS) is 10.3. The van der Waals surface area contributed by atoms with Crippen molar-refractivity contribution in [3.05, 3.63) is 52.6 Å². The first-order valence-electron chi connectivity index (χ1n) is 8.55. The fraction of sp³-hybridized carbons (Fsp3) is 0.300. The predicted octanol–water partition coefficient (Wildman–Crippen LogP) is 1.95. The predicted molar refractivity (Wildman–Crippen MR) is 101 cm³/mol. The lowest BCUT2D eigenvalue weighted by Gasteiger charge is -2.14. The highest BCUT2D eigenvalue weighted by molar-refractivity contribution is 5.95.